The van der Waals surface area contributed by atoms with Crippen molar-refractivity contribution < 1.29 is 23.8 Å². The smallest absolute Gasteiger partial charge is 0.356 e. The van der Waals surface area contributed by atoms with Crippen molar-refractivity contribution in [2.45, 2.75) is 6.42 Å². The molecule has 0 N–H and O–H groups in total. The van der Waals surface area contributed by atoms with Crippen LogP contribution in [-0.4, -0.2) is 18.9 Å². The lowest BCUT2D eigenvalue weighted by Crippen LogP contribution is -2.09. The third kappa shape index (κ3) is 2.77. The van der Waals surface area contributed by atoms with E-state index in [4.69, 9.17) is 4.74 Å². The molecule has 15 heavy (non-hydrogen) atoms. The van der Waals surface area contributed by atoms with Crippen LogP contribution in [0, 0.1) is 0 Å². The molecule has 0 radical (unpaired) electrons. The molecular weight excluding hydrogens is 203 g/mol. The third-order valence-corrected chi connectivity index (χ3v) is 1.80. The van der Waals surface area contributed by atoms with Gasteiger partial charge in [0.05, 0.1) is 12.7 Å². The quantitative estimate of drug-likeness (QED) is 0.563. The lowest BCUT2D eigenvalue weighted by atomic mass is 10.1. The van der Waals surface area contributed by atoms with Crippen LogP contribution in [0.3, 0.4) is 0 Å². The highest BCUT2D eigenvalue weighted by atomic mass is 19.3. The van der Waals surface area contributed by atoms with Crippen LogP contribution in [0.4, 0.5) is 4.53 Å². The average Bonchev–Trinajstić information content (AvgIpc) is 2.28. The summed E-state index contributed by atoms with van der Waals surface area (Å²) >= 11 is 0. The summed E-state index contributed by atoms with van der Waals surface area (Å²) in [4.78, 5) is 24.9. The van der Waals surface area contributed by atoms with Gasteiger partial charge in [-0.1, -0.05) is 12.1 Å². The fraction of sp³-hybridized carbons (Fsp3) is 0.200. The molecule has 0 amide bonds. The van der Waals surface area contributed by atoms with Crippen LogP contribution in [0.15, 0.2) is 24.3 Å². The largest absolute Gasteiger partial charge is 0.496 e. The van der Waals surface area contributed by atoms with E-state index in [2.05, 4.69) is 4.94 Å². The number of carbonyl (C=O) groups is 2. The number of ether oxygens (including phenoxy) is 1. The minimum Gasteiger partial charge on any atom is -0.496 e. The van der Waals surface area contributed by atoms with Crippen molar-refractivity contribution in [2.24, 2.45) is 0 Å². The maximum atomic E-state index is 11.4. The van der Waals surface area contributed by atoms with Crippen LogP contribution >= 0.6 is 0 Å². The van der Waals surface area contributed by atoms with E-state index in [-0.39, 0.29) is 5.56 Å². The fourth-order valence-electron chi connectivity index (χ4n) is 1.13. The number of Topliss-reactive ketones (excluding diaryl/α,β-unsaturated/α-hetero) is 1. The molecule has 1 rings (SSSR count). The van der Waals surface area contributed by atoms with E-state index >= 15 is 0 Å². The van der Waals surface area contributed by atoms with Gasteiger partial charge < -0.3 is 4.74 Å². The number of ketones is 1. The molecule has 80 valence electrons. The lowest BCUT2D eigenvalue weighted by molar-refractivity contribution is -0.182. The van der Waals surface area contributed by atoms with Gasteiger partial charge in [0.15, 0.2) is 5.78 Å². The Hall–Kier alpha value is -1.91. The first kappa shape index (κ1) is 11.2. The zero-order valence-corrected chi connectivity index (χ0v) is 8.03. The van der Waals surface area contributed by atoms with Crippen molar-refractivity contribution in [1.29, 1.82) is 0 Å². The number of hydrogen-bond donors (Lipinski definition) is 0. The summed E-state index contributed by atoms with van der Waals surface area (Å²) in [5.74, 6) is -1.42. The van der Waals surface area contributed by atoms with Crippen LogP contribution in [0.25, 0.3) is 0 Å². The Labute approximate surface area is 85.5 Å². The SMILES string of the molecule is COc1ccccc1C(=O)CC(=O)OF. The molecule has 0 aliphatic heterocycles. The van der Waals surface area contributed by atoms with Crippen LogP contribution in [0.2, 0.25) is 0 Å². The Bertz CT molecular complexity index is 375. The molecule has 0 fully saturated rings. The van der Waals surface area contributed by atoms with Gasteiger partial charge in [-0.2, -0.15) is 0 Å². The Morgan fingerprint density at radius 3 is 2.60 bits per heavy atom. The van der Waals surface area contributed by atoms with Crippen LogP contribution in [-0.2, 0) is 9.74 Å². The molecule has 5 heteroatoms. The van der Waals surface area contributed by atoms with Crippen LogP contribution < -0.4 is 4.74 Å². The van der Waals surface area contributed by atoms with Crippen molar-refractivity contribution in [3.8, 4) is 5.75 Å². The fourth-order valence-corrected chi connectivity index (χ4v) is 1.13. The second kappa shape index (κ2) is 5.09. The van der Waals surface area contributed by atoms with E-state index in [0.717, 1.165) is 0 Å². The molecule has 0 heterocycles. The Kier molecular flexibility index (Phi) is 3.79. The minimum absolute atomic E-state index is 0.227. The van der Waals surface area contributed by atoms with Crippen molar-refractivity contribution >= 4 is 11.8 Å². The Morgan fingerprint density at radius 1 is 1.33 bits per heavy atom. The van der Waals surface area contributed by atoms with Crippen molar-refractivity contribution in [3.05, 3.63) is 29.8 Å². The van der Waals surface area contributed by atoms with Gasteiger partial charge in [0, 0.05) is 4.53 Å². The summed E-state index contributed by atoms with van der Waals surface area (Å²) in [5.41, 5.74) is 0.227. The van der Waals surface area contributed by atoms with Gasteiger partial charge in [0.1, 0.15) is 12.2 Å². The lowest BCUT2D eigenvalue weighted by Gasteiger charge is -2.05. The average molecular weight is 212 g/mol. The minimum atomic E-state index is -1.22. The number of methoxy groups -OCH3 is 1. The summed E-state index contributed by atoms with van der Waals surface area (Å²) in [6, 6.07) is 6.38. The third-order valence-electron chi connectivity index (χ3n) is 1.80. The molecule has 0 saturated heterocycles. The van der Waals surface area contributed by atoms with E-state index in [1.54, 1.807) is 18.2 Å². The van der Waals surface area contributed by atoms with Crippen LogP contribution in [0.1, 0.15) is 16.8 Å². The topological polar surface area (TPSA) is 52.6 Å². The molecule has 0 spiro atoms. The molecular formula is C10H9FO4. The summed E-state index contributed by atoms with van der Waals surface area (Å²) < 4.78 is 16.3. The number of benzene rings is 1. The van der Waals surface area contributed by atoms with E-state index in [1.807, 2.05) is 0 Å². The molecule has 1 aromatic carbocycles. The number of halogens is 1. The van der Waals surface area contributed by atoms with Gasteiger partial charge in [-0.05, 0) is 12.1 Å². The highest BCUT2D eigenvalue weighted by molar-refractivity contribution is 6.07. The molecule has 1 aromatic rings. The maximum Gasteiger partial charge on any atom is 0.356 e. The first-order valence-corrected chi connectivity index (χ1v) is 4.16. The van der Waals surface area contributed by atoms with Gasteiger partial charge in [-0.3, -0.25) is 9.74 Å². The second-order valence-electron chi connectivity index (χ2n) is 2.75. The highest BCUT2D eigenvalue weighted by Crippen LogP contribution is 2.18. The first-order valence-electron chi connectivity index (χ1n) is 4.16. The predicted octanol–water partition coefficient (Wildman–Crippen LogP) is 1.70. The van der Waals surface area contributed by atoms with Gasteiger partial charge in [-0.25, -0.2) is 4.79 Å². The van der Waals surface area contributed by atoms with Gasteiger partial charge >= 0.3 is 5.97 Å². The molecule has 0 aliphatic carbocycles. The predicted molar refractivity (Wildman–Crippen MR) is 49.1 cm³/mol. The van der Waals surface area contributed by atoms with E-state index in [0.29, 0.717) is 5.75 Å². The summed E-state index contributed by atoms with van der Waals surface area (Å²) in [6.45, 7) is 0. The Balaban J connectivity index is 2.86. The zero-order chi connectivity index (χ0) is 11.3. The summed E-state index contributed by atoms with van der Waals surface area (Å²) in [6.07, 6.45) is -0.642. The van der Waals surface area contributed by atoms with Crippen molar-refractivity contribution in [1.82, 2.24) is 0 Å². The highest BCUT2D eigenvalue weighted by Gasteiger charge is 2.16. The van der Waals surface area contributed by atoms with Crippen molar-refractivity contribution in [3.63, 3.8) is 0 Å². The molecule has 4 nitrogen and oxygen atoms in total. The first-order chi connectivity index (χ1) is 7.19. The number of carbonyl (C=O) groups excluding carboxylic acids is 2. The molecule has 0 bridgehead atoms. The van der Waals surface area contributed by atoms with E-state index in [1.165, 1.54) is 13.2 Å². The molecule has 0 unspecified atom stereocenters. The molecule has 0 aliphatic rings. The monoisotopic (exact) mass is 212 g/mol. The summed E-state index contributed by atoms with van der Waals surface area (Å²) in [5, 5.41) is 0. The molecule has 0 saturated carbocycles. The van der Waals surface area contributed by atoms with E-state index < -0.39 is 18.2 Å². The number of rotatable bonds is 4. The number of para-hydroxylation sites is 1. The second-order valence-corrected chi connectivity index (χ2v) is 2.75. The molecule has 0 atom stereocenters. The number of hydrogen-bond acceptors (Lipinski definition) is 4. The molecule has 0 aromatic heterocycles. The Morgan fingerprint density at radius 2 is 2.00 bits per heavy atom. The van der Waals surface area contributed by atoms with Gasteiger partial charge in [-0.15, -0.1) is 0 Å². The van der Waals surface area contributed by atoms with Gasteiger partial charge in [0.25, 0.3) is 0 Å². The zero-order valence-electron chi connectivity index (χ0n) is 8.03. The standard InChI is InChI=1S/C10H9FO4/c1-14-9-5-3-2-4-7(9)8(12)6-10(13)15-11/h2-5H,6H2,1H3. The maximum absolute atomic E-state index is 11.4. The van der Waals surface area contributed by atoms with Crippen LogP contribution in [0.5, 0.6) is 5.75 Å². The van der Waals surface area contributed by atoms with Crippen molar-refractivity contribution in [2.75, 3.05) is 7.11 Å². The normalized spacial score (nSPS) is 9.47. The van der Waals surface area contributed by atoms with E-state index in [9.17, 15) is 14.1 Å². The summed E-state index contributed by atoms with van der Waals surface area (Å²) in [7, 11) is 1.40. The van der Waals surface area contributed by atoms with Gasteiger partial charge in [0.2, 0.25) is 0 Å².